The molecule has 0 aliphatic heterocycles. The van der Waals surface area contributed by atoms with Gasteiger partial charge in [0.2, 0.25) is 11.8 Å². The lowest BCUT2D eigenvalue weighted by atomic mass is 10.1. The first-order chi connectivity index (χ1) is 19.5. The van der Waals surface area contributed by atoms with E-state index in [1.54, 1.807) is 55.0 Å². The van der Waals surface area contributed by atoms with Gasteiger partial charge in [0.15, 0.2) is 5.76 Å². The predicted octanol–water partition coefficient (Wildman–Crippen LogP) is 7.67. The molecule has 0 aliphatic carbocycles. The largest absolute Gasteiger partial charge is 0.489 e. The van der Waals surface area contributed by atoms with Crippen LogP contribution in [0.25, 0.3) is 17.0 Å². The number of nitrogens with zero attached hydrogens (tertiary/aromatic N) is 4. The summed E-state index contributed by atoms with van der Waals surface area (Å²) in [5.74, 6) is 2.77. The van der Waals surface area contributed by atoms with Crippen LogP contribution in [0.3, 0.4) is 0 Å². The molecule has 0 spiro atoms. The number of halogens is 1. The number of oxazole rings is 1. The maximum Gasteiger partial charge on any atom is 0.242 e. The Labute approximate surface area is 236 Å². The fourth-order valence-corrected chi connectivity index (χ4v) is 3.97. The fourth-order valence-electron chi connectivity index (χ4n) is 3.85. The highest BCUT2D eigenvalue weighted by atomic mass is 35.5. The van der Waals surface area contributed by atoms with Crippen molar-refractivity contribution < 1.29 is 13.9 Å². The van der Waals surface area contributed by atoms with Crippen LogP contribution in [0.15, 0.2) is 96.3 Å². The number of nitrogens with one attached hydrogen (secondary N) is 1. The molecular formula is C31H24ClN5O3. The van der Waals surface area contributed by atoms with Crippen molar-refractivity contribution in [2.24, 2.45) is 0 Å². The Morgan fingerprint density at radius 3 is 2.62 bits per heavy atom. The first kappa shape index (κ1) is 26.5. The van der Waals surface area contributed by atoms with Crippen LogP contribution in [0.5, 0.6) is 17.4 Å². The van der Waals surface area contributed by atoms with Crippen molar-refractivity contribution in [2.45, 2.75) is 20.0 Å². The van der Waals surface area contributed by atoms with Crippen molar-refractivity contribution in [2.75, 3.05) is 5.32 Å². The average Bonchev–Trinajstić information content (AvgIpc) is 3.49. The monoisotopic (exact) mass is 549 g/mol. The second-order valence-corrected chi connectivity index (χ2v) is 9.14. The Bertz CT molecular complexity index is 1680. The van der Waals surface area contributed by atoms with Gasteiger partial charge in [-0.15, -0.1) is 0 Å². The smallest absolute Gasteiger partial charge is 0.242 e. The number of anilines is 1. The van der Waals surface area contributed by atoms with E-state index in [-0.39, 0.29) is 0 Å². The van der Waals surface area contributed by atoms with E-state index in [2.05, 4.69) is 33.8 Å². The first-order valence-electron chi connectivity index (χ1n) is 12.4. The Morgan fingerprint density at radius 2 is 1.88 bits per heavy atom. The number of hydrogen-bond donors (Lipinski definition) is 1. The van der Waals surface area contributed by atoms with E-state index in [0.717, 1.165) is 34.5 Å². The Hall–Kier alpha value is -5.13. The van der Waals surface area contributed by atoms with Crippen LogP contribution in [0.1, 0.15) is 29.6 Å². The van der Waals surface area contributed by atoms with E-state index >= 15 is 0 Å². The van der Waals surface area contributed by atoms with Crippen LogP contribution >= 0.6 is 11.6 Å². The lowest BCUT2D eigenvalue weighted by Crippen LogP contribution is -2.02. The van der Waals surface area contributed by atoms with Gasteiger partial charge in [-0.05, 0) is 78.2 Å². The molecule has 2 aromatic carbocycles. The van der Waals surface area contributed by atoms with Gasteiger partial charge in [0.25, 0.3) is 0 Å². The lowest BCUT2D eigenvalue weighted by molar-refractivity contribution is 0.303. The van der Waals surface area contributed by atoms with Crippen molar-refractivity contribution in [3.63, 3.8) is 0 Å². The molecule has 8 nitrogen and oxygen atoms in total. The van der Waals surface area contributed by atoms with Crippen molar-refractivity contribution in [1.82, 2.24) is 15.0 Å². The van der Waals surface area contributed by atoms with Crippen LogP contribution in [-0.2, 0) is 13.0 Å². The molecule has 0 saturated heterocycles. The molecule has 5 aromatic rings. The highest BCUT2D eigenvalue weighted by Crippen LogP contribution is 2.29. The second kappa shape index (κ2) is 12.2. The van der Waals surface area contributed by atoms with E-state index in [1.807, 2.05) is 36.4 Å². The van der Waals surface area contributed by atoms with E-state index in [1.165, 1.54) is 0 Å². The minimum atomic E-state index is 0.339. The number of aromatic nitrogens is 3. The fraction of sp³-hybridized carbons (Fsp3) is 0.0968. The quantitative estimate of drug-likeness (QED) is 0.189. The Balaban J connectivity index is 1.21. The minimum Gasteiger partial charge on any atom is -0.489 e. The van der Waals surface area contributed by atoms with Gasteiger partial charge in [-0.1, -0.05) is 25.1 Å². The highest BCUT2D eigenvalue weighted by Gasteiger charge is 2.12. The van der Waals surface area contributed by atoms with Crippen molar-refractivity contribution in [3.8, 4) is 34.8 Å². The summed E-state index contributed by atoms with van der Waals surface area (Å²) in [6.45, 7) is 6.48. The molecule has 5 rings (SSSR count). The van der Waals surface area contributed by atoms with Crippen molar-refractivity contribution in [3.05, 3.63) is 120 Å². The highest BCUT2D eigenvalue weighted by molar-refractivity contribution is 6.30. The minimum absolute atomic E-state index is 0.339. The summed E-state index contributed by atoms with van der Waals surface area (Å²) in [5.41, 5.74) is 4.35. The van der Waals surface area contributed by atoms with Crippen LogP contribution in [-0.4, -0.2) is 15.0 Å². The molecular weight excluding hydrogens is 526 g/mol. The van der Waals surface area contributed by atoms with E-state index in [4.69, 9.17) is 30.8 Å². The van der Waals surface area contributed by atoms with Crippen LogP contribution in [0, 0.1) is 11.3 Å². The summed E-state index contributed by atoms with van der Waals surface area (Å²) in [4.78, 5) is 12.7. The molecule has 40 heavy (non-hydrogen) atoms. The Morgan fingerprint density at radius 1 is 1.02 bits per heavy atom. The summed E-state index contributed by atoms with van der Waals surface area (Å²) < 4.78 is 17.7. The summed E-state index contributed by atoms with van der Waals surface area (Å²) in [7, 11) is 0. The molecule has 1 N–H and O–H groups in total. The number of hydrogen-bond acceptors (Lipinski definition) is 8. The third-order valence-corrected chi connectivity index (χ3v) is 6.14. The van der Waals surface area contributed by atoms with Crippen LogP contribution < -0.4 is 14.8 Å². The molecule has 0 unspecified atom stereocenters. The average molecular weight is 550 g/mol. The lowest BCUT2D eigenvalue weighted by Gasteiger charge is -2.13. The van der Waals surface area contributed by atoms with Gasteiger partial charge in [0.1, 0.15) is 29.9 Å². The SMILES string of the molecule is C=C(Nc1ccc(OCc2ccnc(C#N)c2)c(CC)c1)c1ncc(-c2ccc(Oc3ccc(Cl)cc3)nc2)o1. The van der Waals surface area contributed by atoms with E-state index < -0.39 is 0 Å². The van der Waals surface area contributed by atoms with Gasteiger partial charge in [-0.25, -0.2) is 15.0 Å². The summed E-state index contributed by atoms with van der Waals surface area (Å²) in [5, 5.41) is 12.9. The molecule has 0 bridgehead atoms. The molecule has 0 saturated carbocycles. The number of ether oxygens (including phenoxy) is 2. The second-order valence-electron chi connectivity index (χ2n) is 8.70. The van der Waals surface area contributed by atoms with Crippen molar-refractivity contribution in [1.29, 1.82) is 5.26 Å². The molecule has 3 heterocycles. The van der Waals surface area contributed by atoms with Gasteiger partial charge < -0.3 is 19.2 Å². The molecule has 0 fully saturated rings. The van der Waals surface area contributed by atoms with Crippen LogP contribution in [0.4, 0.5) is 5.69 Å². The number of aryl methyl sites for hydroxylation is 1. The van der Waals surface area contributed by atoms with E-state index in [9.17, 15) is 0 Å². The molecule has 0 radical (unpaired) electrons. The van der Waals surface area contributed by atoms with E-state index in [0.29, 0.717) is 46.3 Å². The number of nitriles is 1. The molecule has 0 amide bonds. The molecule has 198 valence electrons. The zero-order valence-corrected chi connectivity index (χ0v) is 22.4. The predicted molar refractivity (Wildman–Crippen MR) is 153 cm³/mol. The number of rotatable bonds is 10. The van der Waals surface area contributed by atoms with Crippen molar-refractivity contribution >= 4 is 23.0 Å². The molecule has 0 aliphatic rings. The summed E-state index contributed by atoms with van der Waals surface area (Å²) in [6.07, 6.45) is 5.66. The zero-order chi connectivity index (χ0) is 27.9. The molecule has 0 atom stereocenters. The standard InChI is InChI=1S/C31H24ClN5O3/c1-3-22-15-25(7-10-28(22)38-19-21-12-13-34-26(14-21)16-33)37-20(2)31-36-18-29(40-31)23-4-11-30(35-17-23)39-27-8-5-24(32)6-9-27/h4-15,17-18,37H,2-3,19H2,1H3. The van der Waals surface area contributed by atoms with Gasteiger partial charge >= 0.3 is 0 Å². The zero-order valence-electron chi connectivity index (χ0n) is 21.6. The van der Waals surface area contributed by atoms with Gasteiger partial charge in [0, 0.05) is 34.7 Å². The van der Waals surface area contributed by atoms with Gasteiger partial charge in [-0.2, -0.15) is 5.26 Å². The Kier molecular flexibility index (Phi) is 8.05. The van der Waals surface area contributed by atoms with Gasteiger partial charge in [-0.3, -0.25) is 0 Å². The molecule has 3 aromatic heterocycles. The maximum atomic E-state index is 9.05. The third kappa shape index (κ3) is 6.46. The first-order valence-corrected chi connectivity index (χ1v) is 12.8. The van der Waals surface area contributed by atoms with Gasteiger partial charge in [0.05, 0.1) is 11.9 Å². The summed E-state index contributed by atoms with van der Waals surface area (Å²) >= 11 is 5.92. The summed E-state index contributed by atoms with van der Waals surface area (Å²) in [6, 6.07) is 22.1. The topological polar surface area (TPSA) is 106 Å². The normalized spacial score (nSPS) is 10.5. The number of benzene rings is 2. The maximum absolute atomic E-state index is 9.05. The van der Waals surface area contributed by atoms with Crippen LogP contribution in [0.2, 0.25) is 5.02 Å². The number of pyridine rings is 2. The molecule has 9 heteroatoms. The third-order valence-electron chi connectivity index (χ3n) is 5.89.